The molecule has 2 N–H and O–H groups in total. The van der Waals surface area contributed by atoms with Gasteiger partial charge in [0.1, 0.15) is 11.6 Å². The van der Waals surface area contributed by atoms with Gasteiger partial charge < -0.3 is 24.4 Å². The van der Waals surface area contributed by atoms with Gasteiger partial charge >= 0.3 is 0 Å². The molecule has 2 aromatic carbocycles. The molecule has 1 fully saturated rings. The lowest BCUT2D eigenvalue weighted by molar-refractivity contribution is -0.0172. The summed E-state index contributed by atoms with van der Waals surface area (Å²) in [5, 5.41) is 10.1. The van der Waals surface area contributed by atoms with Crippen molar-refractivity contribution in [1.82, 2.24) is 9.80 Å². The summed E-state index contributed by atoms with van der Waals surface area (Å²) in [4.78, 5) is 18.1. The molecule has 0 spiro atoms. The fraction of sp³-hybridized carbons (Fsp3) is 0.594. The van der Waals surface area contributed by atoms with E-state index in [2.05, 4.69) is 23.6 Å². The maximum Gasteiger partial charge on any atom is 0.261 e. The van der Waals surface area contributed by atoms with Crippen molar-refractivity contribution >= 4 is 21.6 Å². The van der Waals surface area contributed by atoms with Crippen LogP contribution in [0.2, 0.25) is 0 Å². The number of nitrogens with one attached hydrogen (secondary N) is 1. The number of aliphatic hydroxyl groups excluding tert-OH is 1. The quantitative estimate of drug-likeness (QED) is 0.417. The molecular formula is C32H46FN3O6S. The van der Waals surface area contributed by atoms with Crippen LogP contribution >= 0.6 is 0 Å². The van der Waals surface area contributed by atoms with E-state index in [-0.39, 0.29) is 46.8 Å². The van der Waals surface area contributed by atoms with Gasteiger partial charge in [0.25, 0.3) is 15.9 Å². The number of fused-ring (bicyclic) bond motifs is 1. The van der Waals surface area contributed by atoms with Crippen LogP contribution in [-0.2, 0) is 14.8 Å². The van der Waals surface area contributed by atoms with Crippen LogP contribution < -0.4 is 9.46 Å². The van der Waals surface area contributed by atoms with E-state index in [1.54, 1.807) is 24.0 Å². The highest BCUT2D eigenvalue weighted by molar-refractivity contribution is 7.92. The van der Waals surface area contributed by atoms with Crippen LogP contribution in [0.25, 0.3) is 0 Å². The van der Waals surface area contributed by atoms with E-state index in [0.29, 0.717) is 18.9 Å². The van der Waals surface area contributed by atoms with Crippen molar-refractivity contribution in [2.75, 3.05) is 44.6 Å². The number of rotatable bonds is 9. The number of sulfonamides is 1. The van der Waals surface area contributed by atoms with Gasteiger partial charge in [0, 0.05) is 37.8 Å². The van der Waals surface area contributed by atoms with Crippen LogP contribution in [0.5, 0.6) is 5.75 Å². The molecule has 1 aliphatic carbocycles. The summed E-state index contributed by atoms with van der Waals surface area (Å²) in [5.74, 6) is 0.140. The number of carbonyl (C=O) groups excluding carboxylic acids is 1. The molecule has 2 aromatic rings. The van der Waals surface area contributed by atoms with Gasteiger partial charge in [-0.15, -0.1) is 0 Å². The first-order valence-corrected chi connectivity index (χ1v) is 16.8. The summed E-state index contributed by atoms with van der Waals surface area (Å²) in [6.07, 6.45) is 4.78. The SMILES string of the molecule is C[C@@H]1CCCCO[C@@H](CN(C)CC2CC2)[C@@H](C)CN([C@H](C)CO)C(=O)c2cc(NS(=O)(=O)c3ccc(F)cc3)ccc2O1. The lowest BCUT2D eigenvalue weighted by Gasteiger charge is -2.36. The highest BCUT2D eigenvalue weighted by atomic mass is 32.2. The van der Waals surface area contributed by atoms with Crippen LogP contribution in [0.1, 0.15) is 63.2 Å². The average molecular weight is 620 g/mol. The number of hydrogen-bond donors (Lipinski definition) is 2. The molecule has 0 saturated heterocycles. The second-order valence-electron chi connectivity index (χ2n) is 12.2. The Kier molecular flexibility index (Phi) is 11.4. The Morgan fingerprint density at radius 3 is 2.49 bits per heavy atom. The molecule has 2 aliphatic rings. The molecule has 0 bridgehead atoms. The number of ether oxygens (including phenoxy) is 2. The first-order chi connectivity index (χ1) is 20.5. The number of halogens is 1. The molecule has 9 nitrogen and oxygen atoms in total. The zero-order chi connectivity index (χ0) is 31.1. The first kappa shape index (κ1) is 33.2. The van der Waals surface area contributed by atoms with Crippen molar-refractivity contribution in [2.45, 2.75) is 76.0 Å². The van der Waals surface area contributed by atoms with E-state index in [0.717, 1.165) is 50.4 Å². The Morgan fingerprint density at radius 1 is 1.09 bits per heavy atom. The van der Waals surface area contributed by atoms with Gasteiger partial charge in [0.05, 0.1) is 35.3 Å². The second kappa shape index (κ2) is 14.8. The van der Waals surface area contributed by atoms with E-state index in [9.17, 15) is 22.7 Å². The van der Waals surface area contributed by atoms with Crippen molar-refractivity contribution in [3.8, 4) is 5.75 Å². The first-order valence-electron chi connectivity index (χ1n) is 15.3. The van der Waals surface area contributed by atoms with Crippen LogP contribution in [0.15, 0.2) is 47.4 Å². The van der Waals surface area contributed by atoms with E-state index in [4.69, 9.17) is 9.47 Å². The lowest BCUT2D eigenvalue weighted by atomic mass is 10.0. The standard InChI is InChI=1S/C32H46FN3O6S/c1-22-18-36(23(2)21-37)32(38)29-17-27(34-43(39,40)28-13-10-26(33)11-14-28)12-15-30(29)42-24(3)7-5-6-16-41-31(22)20-35(4)19-25-8-9-25/h10-15,17,22-25,31,34,37H,5-9,16,18-21H2,1-4H3/t22-,23+,24+,31-/m0/s1. The van der Waals surface area contributed by atoms with Gasteiger partial charge in [-0.3, -0.25) is 9.52 Å². The predicted molar refractivity (Wildman–Crippen MR) is 164 cm³/mol. The summed E-state index contributed by atoms with van der Waals surface area (Å²) in [6.45, 7) is 8.29. The largest absolute Gasteiger partial charge is 0.490 e. The number of likely N-dealkylation sites (N-methyl/N-ethyl adjacent to an activating group) is 1. The normalized spacial score (nSPS) is 23.3. The number of carbonyl (C=O) groups is 1. The monoisotopic (exact) mass is 619 g/mol. The molecule has 1 amide bonds. The Balaban J connectivity index is 1.65. The predicted octanol–water partition coefficient (Wildman–Crippen LogP) is 4.76. The van der Waals surface area contributed by atoms with Crippen molar-refractivity contribution in [2.24, 2.45) is 11.8 Å². The van der Waals surface area contributed by atoms with Crippen LogP contribution in [0.4, 0.5) is 10.1 Å². The summed E-state index contributed by atoms with van der Waals surface area (Å²) >= 11 is 0. The molecule has 4 rings (SSSR count). The molecule has 1 aliphatic heterocycles. The number of amides is 1. The number of benzene rings is 2. The highest BCUT2D eigenvalue weighted by Gasteiger charge is 2.31. The molecule has 43 heavy (non-hydrogen) atoms. The third kappa shape index (κ3) is 9.38. The average Bonchev–Trinajstić information content (AvgIpc) is 3.78. The molecule has 1 heterocycles. The van der Waals surface area contributed by atoms with Crippen molar-refractivity contribution in [3.63, 3.8) is 0 Å². The Bertz CT molecular complexity index is 1320. The van der Waals surface area contributed by atoms with Crippen molar-refractivity contribution in [1.29, 1.82) is 0 Å². The third-order valence-corrected chi connectivity index (χ3v) is 9.58. The fourth-order valence-corrected chi connectivity index (χ4v) is 6.45. The number of hydrogen-bond acceptors (Lipinski definition) is 7. The van der Waals surface area contributed by atoms with Gasteiger partial charge in [0.15, 0.2) is 0 Å². The summed E-state index contributed by atoms with van der Waals surface area (Å²) in [5.41, 5.74) is 0.361. The molecule has 0 radical (unpaired) electrons. The maximum atomic E-state index is 14.2. The van der Waals surface area contributed by atoms with Gasteiger partial charge in [-0.2, -0.15) is 0 Å². The lowest BCUT2D eigenvalue weighted by Crippen LogP contribution is -2.47. The summed E-state index contributed by atoms with van der Waals surface area (Å²) in [6, 6.07) is 8.62. The van der Waals surface area contributed by atoms with Gasteiger partial charge in [0.2, 0.25) is 0 Å². The maximum absolute atomic E-state index is 14.2. The van der Waals surface area contributed by atoms with Crippen LogP contribution in [-0.4, -0.2) is 87.4 Å². The Morgan fingerprint density at radius 2 is 1.81 bits per heavy atom. The highest BCUT2D eigenvalue weighted by Crippen LogP contribution is 2.31. The molecular weight excluding hydrogens is 573 g/mol. The number of anilines is 1. The van der Waals surface area contributed by atoms with Crippen LogP contribution in [0, 0.1) is 17.7 Å². The van der Waals surface area contributed by atoms with E-state index in [1.165, 1.54) is 31.0 Å². The number of nitrogens with zero attached hydrogens (tertiary/aromatic N) is 2. The second-order valence-corrected chi connectivity index (χ2v) is 13.9. The smallest absolute Gasteiger partial charge is 0.261 e. The van der Waals surface area contributed by atoms with E-state index < -0.39 is 21.9 Å². The Labute approximate surface area is 255 Å². The summed E-state index contributed by atoms with van der Waals surface area (Å²) in [7, 11) is -1.93. The molecule has 1 saturated carbocycles. The minimum atomic E-state index is -4.04. The van der Waals surface area contributed by atoms with Gasteiger partial charge in [-0.05, 0) is 101 Å². The molecule has 0 unspecified atom stereocenters. The molecule has 11 heteroatoms. The number of aliphatic hydroxyl groups is 1. The van der Waals surface area contributed by atoms with Crippen molar-refractivity contribution in [3.05, 3.63) is 53.8 Å². The zero-order valence-corrected chi connectivity index (χ0v) is 26.5. The topological polar surface area (TPSA) is 108 Å². The minimum absolute atomic E-state index is 0.0361. The fourth-order valence-electron chi connectivity index (χ4n) is 5.40. The molecule has 238 valence electrons. The molecule has 0 aromatic heterocycles. The van der Waals surface area contributed by atoms with Gasteiger partial charge in [-0.1, -0.05) is 6.92 Å². The van der Waals surface area contributed by atoms with Gasteiger partial charge in [-0.25, -0.2) is 12.8 Å². The summed E-state index contributed by atoms with van der Waals surface area (Å²) < 4.78 is 54.6. The van der Waals surface area contributed by atoms with E-state index in [1.807, 2.05) is 6.92 Å². The zero-order valence-electron chi connectivity index (χ0n) is 25.7. The minimum Gasteiger partial charge on any atom is -0.490 e. The molecule has 4 atom stereocenters. The Hall–Kier alpha value is -2.73. The van der Waals surface area contributed by atoms with E-state index >= 15 is 0 Å². The van der Waals surface area contributed by atoms with Crippen molar-refractivity contribution < 1.29 is 32.2 Å². The third-order valence-electron chi connectivity index (χ3n) is 8.19. The van der Waals surface area contributed by atoms with Crippen LogP contribution in [0.3, 0.4) is 0 Å².